The van der Waals surface area contributed by atoms with Crippen LogP contribution in [-0.2, 0) is 11.2 Å². The molecule has 2 heterocycles. The van der Waals surface area contributed by atoms with Gasteiger partial charge in [-0.25, -0.2) is 0 Å². The third-order valence-electron chi connectivity index (χ3n) is 3.85. The van der Waals surface area contributed by atoms with Gasteiger partial charge in [0.15, 0.2) is 0 Å². The number of hydrogen-bond acceptors (Lipinski definition) is 3. The normalized spacial score (nSPS) is 18.4. The van der Waals surface area contributed by atoms with Gasteiger partial charge in [0.1, 0.15) is 5.75 Å². The molecule has 0 radical (unpaired) electrons. The number of carbonyl (C=O) groups is 1. The van der Waals surface area contributed by atoms with Crippen LogP contribution < -0.4 is 5.32 Å². The van der Waals surface area contributed by atoms with Gasteiger partial charge in [-0.15, -0.1) is 0 Å². The number of hydrogen-bond donors (Lipinski definition) is 4. The quantitative estimate of drug-likeness (QED) is 0.682. The van der Waals surface area contributed by atoms with Gasteiger partial charge in [-0.1, -0.05) is 23.2 Å². The number of aromatic hydroxyl groups is 1. The van der Waals surface area contributed by atoms with Crippen LogP contribution in [0, 0.1) is 0 Å². The molecule has 1 aliphatic heterocycles. The molecule has 7 heteroatoms. The van der Waals surface area contributed by atoms with Crippen LogP contribution in [0.15, 0.2) is 6.07 Å². The lowest BCUT2D eigenvalue weighted by Gasteiger charge is -2.13. The average Bonchev–Trinajstić information content (AvgIpc) is 2.74. The van der Waals surface area contributed by atoms with Crippen molar-refractivity contribution in [2.45, 2.75) is 18.8 Å². The highest BCUT2D eigenvalue weighted by Crippen LogP contribution is 2.42. The topological polar surface area (TPSA) is 85.4 Å². The van der Waals surface area contributed by atoms with Gasteiger partial charge < -0.3 is 20.5 Å². The van der Waals surface area contributed by atoms with Gasteiger partial charge in [0.05, 0.1) is 22.0 Å². The molecule has 3 rings (SSSR count). The molecule has 1 aromatic heterocycles. The number of amides is 1. The van der Waals surface area contributed by atoms with E-state index < -0.39 is 0 Å². The van der Waals surface area contributed by atoms with E-state index in [4.69, 9.17) is 23.2 Å². The summed E-state index contributed by atoms with van der Waals surface area (Å²) in [6, 6.07) is 1.38. The molecule has 0 saturated carbocycles. The van der Waals surface area contributed by atoms with Crippen molar-refractivity contribution >= 4 is 40.0 Å². The molecule has 0 bridgehead atoms. The van der Waals surface area contributed by atoms with Crippen LogP contribution in [0.1, 0.15) is 23.6 Å². The van der Waals surface area contributed by atoms with Crippen LogP contribution in [-0.4, -0.2) is 34.3 Å². The minimum Gasteiger partial charge on any atom is -0.507 e. The van der Waals surface area contributed by atoms with Crippen LogP contribution in [0.5, 0.6) is 5.75 Å². The van der Waals surface area contributed by atoms with Crippen molar-refractivity contribution < 1.29 is 15.0 Å². The minimum atomic E-state index is -0.122. The molecular weight excluding hydrogens is 315 g/mol. The van der Waals surface area contributed by atoms with Gasteiger partial charge in [0, 0.05) is 36.2 Å². The number of nitrogens with one attached hydrogen (secondary N) is 2. The number of aliphatic hydroxyl groups excluding tert-OH is 1. The van der Waals surface area contributed by atoms with E-state index in [1.54, 1.807) is 0 Å². The SMILES string of the molecule is O=C1Cc2c([nH]c3c(Cl)c(Cl)cc(O)c23)C(CCO)CN1. The number of fused-ring (bicyclic) bond motifs is 3. The number of aromatic amines is 1. The number of carbonyl (C=O) groups excluding carboxylic acids is 1. The fourth-order valence-corrected chi connectivity index (χ4v) is 3.27. The summed E-state index contributed by atoms with van der Waals surface area (Å²) in [7, 11) is 0. The fourth-order valence-electron chi connectivity index (χ4n) is 2.88. The zero-order valence-corrected chi connectivity index (χ0v) is 12.6. The fraction of sp³-hybridized carbons (Fsp3) is 0.357. The first kappa shape index (κ1) is 14.5. The molecule has 0 spiro atoms. The Bertz CT molecular complexity index is 727. The van der Waals surface area contributed by atoms with Crippen molar-refractivity contribution in [3.8, 4) is 5.75 Å². The van der Waals surface area contributed by atoms with Crippen molar-refractivity contribution in [2.75, 3.05) is 13.2 Å². The number of phenols is 1. The second-order valence-electron chi connectivity index (χ2n) is 5.15. The second kappa shape index (κ2) is 5.40. The highest BCUT2D eigenvalue weighted by molar-refractivity contribution is 6.45. The highest BCUT2D eigenvalue weighted by atomic mass is 35.5. The minimum absolute atomic E-state index is 0.00523. The molecule has 0 aliphatic carbocycles. The van der Waals surface area contributed by atoms with Gasteiger partial charge in [0.2, 0.25) is 5.91 Å². The molecule has 5 nitrogen and oxygen atoms in total. The summed E-state index contributed by atoms with van der Waals surface area (Å²) >= 11 is 12.2. The molecule has 0 saturated heterocycles. The average molecular weight is 329 g/mol. The summed E-state index contributed by atoms with van der Waals surface area (Å²) in [5, 5.41) is 23.3. The molecule has 1 amide bonds. The first-order valence-corrected chi connectivity index (χ1v) is 7.37. The van der Waals surface area contributed by atoms with Gasteiger partial charge in [0.25, 0.3) is 0 Å². The van der Waals surface area contributed by atoms with Crippen LogP contribution in [0.4, 0.5) is 0 Å². The molecule has 4 N–H and O–H groups in total. The summed E-state index contributed by atoms with van der Waals surface area (Å²) < 4.78 is 0. The van der Waals surface area contributed by atoms with Crippen LogP contribution in [0.25, 0.3) is 10.9 Å². The largest absolute Gasteiger partial charge is 0.507 e. The predicted octanol–water partition coefficient (Wildman–Crippen LogP) is 2.32. The Morgan fingerprint density at radius 2 is 2.14 bits per heavy atom. The number of halogens is 2. The van der Waals surface area contributed by atoms with E-state index >= 15 is 0 Å². The van der Waals surface area contributed by atoms with Gasteiger partial charge >= 0.3 is 0 Å². The third kappa shape index (κ3) is 2.35. The highest BCUT2D eigenvalue weighted by Gasteiger charge is 2.28. The number of rotatable bonds is 2. The Kier molecular flexibility index (Phi) is 3.73. The molecule has 2 aromatic rings. The number of H-pyrrole nitrogens is 1. The number of aromatic nitrogens is 1. The first-order chi connectivity index (χ1) is 10.0. The number of aliphatic hydroxyl groups is 1. The Morgan fingerprint density at radius 3 is 2.86 bits per heavy atom. The zero-order chi connectivity index (χ0) is 15.1. The van der Waals surface area contributed by atoms with Crippen LogP contribution >= 0.6 is 23.2 Å². The van der Waals surface area contributed by atoms with E-state index in [2.05, 4.69) is 10.3 Å². The zero-order valence-electron chi connectivity index (χ0n) is 11.0. The summed E-state index contributed by atoms with van der Waals surface area (Å²) in [5.74, 6) is -0.185. The molecular formula is C14H14Cl2N2O3. The van der Waals surface area contributed by atoms with Crippen molar-refractivity contribution in [1.82, 2.24) is 10.3 Å². The van der Waals surface area contributed by atoms with E-state index in [0.717, 1.165) is 11.3 Å². The first-order valence-electron chi connectivity index (χ1n) is 6.62. The standard InChI is InChI=1S/C14H14Cl2N2O3/c15-8-4-9(20)11-7-3-10(21)17-5-6(1-2-19)13(7)18-14(11)12(8)16/h4,6,18-20H,1-3,5H2,(H,17,21). The molecule has 1 atom stereocenters. The van der Waals surface area contributed by atoms with Crippen molar-refractivity contribution in [3.05, 3.63) is 27.4 Å². The number of benzene rings is 1. The third-order valence-corrected chi connectivity index (χ3v) is 4.64. The monoisotopic (exact) mass is 328 g/mol. The van der Waals surface area contributed by atoms with Crippen molar-refractivity contribution in [2.24, 2.45) is 0 Å². The van der Waals surface area contributed by atoms with Crippen molar-refractivity contribution in [3.63, 3.8) is 0 Å². The lowest BCUT2D eigenvalue weighted by atomic mass is 9.97. The van der Waals surface area contributed by atoms with E-state index in [9.17, 15) is 15.0 Å². The maximum atomic E-state index is 11.9. The molecule has 1 aliphatic rings. The maximum absolute atomic E-state index is 11.9. The van der Waals surface area contributed by atoms with Gasteiger partial charge in [-0.3, -0.25) is 4.79 Å². The van der Waals surface area contributed by atoms with Gasteiger partial charge in [-0.2, -0.15) is 0 Å². The van der Waals surface area contributed by atoms with E-state index in [0.29, 0.717) is 28.9 Å². The molecule has 0 fully saturated rings. The van der Waals surface area contributed by atoms with Gasteiger partial charge in [-0.05, 0) is 12.0 Å². The predicted molar refractivity (Wildman–Crippen MR) is 81.1 cm³/mol. The smallest absolute Gasteiger partial charge is 0.224 e. The van der Waals surface area contributed by atoms with E-state index in [1.807, 2.05) is 0 Å². The Hall–Kier alpha value is -1.43. The number of phenolic OH excluding ortho intramolecular Hbond substituents is 1. The lowest BCUT2D eigenvalue weighted by Crippen LogP contribution is -2.26. The summed E-state index contributed by atoms with van der Waals surface area (Å²) in [6.45, 7) is 0.446. The van der Waals surface area contributed by atoms with E-state index in [-0.39, 0.29) is 35.6 Å². The molecule has 1 aromatic carbocycles. The maximum Gasteiger partial charge on any atom is 0.224 e. The van der Waals surface area contributed by atoms with E-state index in [1.165, 1.54) is 6.07 Å². The second-order valence-corrected chi connectivity index (χ2v) is 5.93. The molecule has 21 heavy (non-hydrogen) atoms. The Morgan fingerprint density at radius 1 is 1.38 bits per heavy atom. The Labute approximate surface area is 130 Å². The summed E-state index contributed by atoms with van der Waals surface area (Å²) in [4.78, 5) is 15.1. The summed E-state index contributed by atoms with van der Waals surface area (Å²) in [5.41, 5.74) is 2.07. The van der Waals surface area contributed by atoms with Crippen LogP contribution in [0.3, 0.4) is 0 Å². The molecule has 1 unspecified atom stereocenters. The molecule has 112 valence electrons. The summed E-state index contributed by atoms with van der Waals surface area (Å²) in [6.07, 6.45) is 0.662. The van der Waals surface area contributed by atoms with Crippen LogP contribution in [0.2, 0.25) is 10.0 Å². The Balaban J connectivity index is 2.29. The lowest BCUT2D eigenvalue weighted by molar-refractivity contribution is -0.120. The van der Waals surface area contributed by atoms with Crippen molar-refractivity contribution in [1.29, 1.82) is 0 Å².